The van der Waals surface area contributed by atoms with Crippen molar-refractivity contribution in [3.8, 4) is 17.0 Å². The molecule has 0 radical (unpaired) electrons. The summed E-state index contributed by atoms with van der Waals surface area (Å²) in [6.07, 6.45) is 1.60. The minimum atomic E-state index is -4.05. The van der Waals surface area contributed by atoms with Crippen molar-refractivity contribution in [1.29, 1.82) is 0 Å². The van der Waals surface area contributed by atoms with Crippen molar-refractivity contribution in [2.24, 2.45) is 0 Å². The van der Waals surface area contributed by atoms with Gasteiger partial charge in [-0.3, -0.25) is 10.0 Å². The van der Waals surface area contributed by atoms with Gasteiger partial charge in [-0.1, -0.05) is 18.2 Å². The first-order chi connectivity index (χ1) is 16.9. The van der Waals surface area contributed by atoms with Crippen LogP contribution in [-0.4, -0.2) is 49.1 Å². The molecule has 8 nitrogen and oxygen atoms in total. The van der Waals surface area contributed by atoms with Gasteiger partial charge in [-0.25, -0.2) is 13.9 Å². The van der Waals surface area contributed by atoms with Crippen LogP contribution >= 0.6 is 0 Å². The van der Waals surface area contributed by atoms with Crippen LogP contribution in [0, 0.1) is 6.92 Å². The molecule has 1 aromatic heterocycles. The minimum Gasteiger partial charge on any atom is -0.494 e. The van der Waals surface area contributed by atoms with E-state index in [1.807, 2.05) is 13.0 Å². The SMILES string of the molecule is Cc1ccc(-c2cccc(CCCOc3ccc(S(=O)(=O)C4(C(=O)NO)CCOCC4)cc3)c2)[nH]1. The molecule has 4 rings (SSSR count). The number of hydrogen-bond acceptors (Lipinski definition) is 6. The Morgan fingerprint density at radius 2 is 1.86 bits per heavy atom. The van der Waals surface area contributed by atoms with E-state index in [4.69, 9.17) is 14.7 Å². The van der Waals surface area contributed by atoms with E-state index < -0.39 is 20.5 Å². The second-order valence-corrected chi connectivity index (χ2v) is 11.0. The summed E-state index contributed by atoms with van der Waals surface area (Å²) in [5.41, 5.74) is 6.09. The molecule has 0 atom stereocenters. The Bertz CT molecular complexity index is 1260. The van der Waals surface area contributed by atoms with E-state index in [0.717, 1.165) is 29.8 Å². The largest absolute Gasteiger partial charge is 0.494 e. The van der Waals surface area contributed by atoms with Crippen molar-refractivity contribution in [2.75, 3.05) is 19.8 Å². The lowest BCUT2D eigenvalue weighted by atomic mass is 9.98. The Morgan fingerprint density at radius 1 is 1.11 bits per heavy atom. The van der Waals surface area contributed by atoms with Crippen molar-refractivity contribution in [3.63, 3.8) is 0 Å². The normalized spacial score (nSPS) is 15.5. The van der Waals surface area contributed by atoms with E-state index in [1.54, 1.807) is 12.1 Å². The number of hydrogen-bond donors (Lipinski definition) is 3. The number of amides is 1. The number of sulfone groups is 1. The average Bonchev–Trinajstić information content (AvgIpc) is 3.33. The number of carbonyl (C=O) groups is 1. The highest BCUT2D eigenvalue weighted by Crippen LogP contribution is 2.35. The number of rotatable bonds is 9. The molecule has 0 aliphatic carbocycles. The van der Waals surface area contributed by atoms with Crippen LogP contribution < -0.4 is 10.2 Å². The van der Waals surface area contributed by atoms with E-state index in [-0.39, 0.29) is 31.0 Å². The van der Waals surface area contributed by atoms with Gasteiger partial charge in [0.2, 0.25) is 0 Å². The third-order valence-electron chi connectivity index (χ3n) is 6.41. The molecule has 1 saturated heterocycles. The fourth-order valence-electron chi connectivity index (χ4n) is 4.39. The molecular formula is C26H30N2O6S. The molecule has 35 heavy (non-hydrogen) atoms. The molecule has 2 aromatic carbocycles. The summed E-state index contributed by atoms with van der Waals surface area (Å²) >= 11 is 0. The van der Waals surface area contributed by atoms with Gasteiger partial charge in [-0.2, -0.15) is 0 Å². The van der Waals surface area contributed by atoms with Crippen LogP contribution in [-0.2, 0) is 25.8 Å². The molecule has 1 fully saturated rings. The van der Waals surface area contributed by atoms with Gasteiger partial charge in [0, 0.05) is 24.6 Å². The Balaban J connectivity index is 1.35. The van der Waals surface area contributed by atoms with Crippen molar-refractivity contribution < 1.29 is 27.9 Å². The standard InChI is InChI=1S/C26H30N2O6S/c1-19-7-12-24(27-19)21-6-2-4-20(18-21)5-3-15-34-22-8-10-23(11-9-22)35(31,32)26(25(29)28-30)13-16-33-17-14-26/h2,4,6-12,18,27,30H,3,5,13-17H2,1H3,(H,28,29). The molecule has 1 aliphatic heterocycles. The molecular weight excluding hydrogens is 468 g/mol. The lowest BCUT2D eigenvalue weighted by Crippen LogP contribution is -2.54. The average molecular weight is 499 g/mol. The first-order valence-corrected chi connectivity index (χ1v) is 13.1. The molecule has 3 N–H and O–H groups in total. The quantitative estimate of drug-likeness (QED) is 0.234. The number of carbonyl (C=O) groups excluding carboxylic acids is 1. The zero-order valence-electron chi connectivity index (χ0n) is 19.6. The third-order valence-corrected chi connectivity index (χ3v) is 8.93. The van der Waals surface area contributed by atoms with Gasteiger partial charge in [0.1, 0.15) is 5.75 Å². The van der Waals surface area contributed by atoms with E-state index in [2.05, 4.69) is 35.3 Å². The lowest BCUT2D eigenvalue weighted by molar-refractivity contribution is -0.134. The number of hydroxylamine groups is 1. The molecule has 9 heteroatoms. The summed E-state index contributed by atoms with van der Waals surface area (Å²) < 4.78 is 35.9. The van der Waals surface area contributed by atoms with Crippen molar-refractivity contribution >= 4 is 15.7 Å². The fraction of sp³-hybridized carbons (Fsp3) is 0.346. The number of nitrogens with one attached hydrogen (secondary N) is 2. The van der Waals surface area contributed by atoms with Gasteiger partial charge >= 0.3 is 0 Å². The Kier molecular flexibility index (Phi) is 7.59. The highest BCUT2D eigenvalue weighted by atomic mass is 32.2. The summed E-state index contributed by atoms with van der Waals surface area (Å²) in [5.74, 6) is -0.385. The highest BCUT2D eigenvalue weighted by molar-refractivity contribution is 7.93. The Morgan fingerprint density at radius 3 is 2.51 bits per heavy atom. The van der Waals surface area contributed by atoms with Crippen molar-refractivity contribution in [3.05, 3.63) is 71.9 Å². The summed E-state index contributed by atoms with van der Waals surface area (Å²) in [5, 5.41) is 9.16. The summed E-state index contributed by atoms with van der Waals surface area (Å²) in [6, 6.07) is 18.6. The molecule has 1 amide bonds. The Hall–Kier alpha value is -3.14. The zero-order valence-corrected chi connectivity index (χ0v) is 20.4. The summed E-state index contributed by atoms with van der Waals surface area (Å²) in [4.78, 5) is 15.7. The number of aromatic amines is 1. The maximum atomic E-state index is 13.3. The van der Waals surface area contributed by atoms with Gasteiger partial charge < -0.3 is 14.5 Å². The van der Waals surface area contributed by atoms with E-state index in [0.29, 0.717) is 12.4 Å². The second kappa shape index (κ2) is 10.6. The molecule has 0 bridgehead atoms. The van der Waals surface area contributed by atoms with Gasteiger partial charge in [0.15, 0.2) is 14.6 Å². The van der Waals surface area contributed by atoms with Gasteiger partial charge in [0.05, 0.1) is 11.5 Å². The lowest BCUT2D eigenvalue weighted by Gasteiger charge is -2.34. The predicted molar refractivity (Wildman–Crippen MR) is 131 cm³/mol. The summed E-state index contributed by atoms with van der Waals surface area (Å²) in [7, 11) is -4.05. The number of aryl methyl sites for hydroxylation is 2. The fourth-order valence-corrected chi connectivity index (χ4v) is 6.33. The van der Waals surface area contributed by atoms with Crippen LogP contribution in [0.4, 0.5) is 0 Å². The smallest absolute Gasteiger partial charge is 0.265 e. The molecule has 2 heterocycles. The molecule has 0 spiro atoms. The maximum absolute atomic E-state index is 13.3. The zero-order chi connectivity index (χ0) is 24.9. The number of benzene rings is 2. The second-order valence-electron chi connectivity index (χ2n) is 8.73. The van der Waals surface area contributed by atoms with Crippen LogP contribution in [0.2, 0.25) is 0 Å². The van der Waals surface area contributed by atoms with E-state index in [9.17, 15) is 13.2 Å². The predicted octanol–water partition coefficient (Wildman–Crippen LogP) is 3.83. The minimum absolute atomic E-state index is 0.00622. The first-order valence-electron chi connectivity index (χ1n) is 11.6. The van der Waals surface area contributed by atoms with Crippen LogP contribution in [0.15, 0.2) is 65.6 Å². The summed E-state index contributed by atoms with van der Waals surface area (Å²) in [6.45, 7) is 2.76. The topological polar surface area (TPSA) is 118 Å². The van der Waals surface area contributed by atoms with Crippen LogP contribution in [0.25, 0.3) is 11.3 Å². The molecule has 1 aliphatic rings. The maximum Gasteiger partial charge on any atom is 0.265 e. The van der Waals surface area contributed by atoms with Gasteiger partial charge in [-0.15, -0.1) is 0 Å². The Labute approximate surface area is 205 Å². The van der Waals surface area contributed by atoms with Crippen LogP contribution in [0.3, 0.4) is 0 Å². The number of ether oxygens (including phenoxy) is 2. The van der Waals surface area contributed by atoms with Gasteiger partial charge in [-0.05, 0) is 86.2 Å². The van der Waals surface area contributed by atoms with Crippen molar-refractivity contribution in [1.82, 2.24) is 10.5 Å². The van der Waals surface area contributed by atoms with Crippen molar-refractivity contribution in [2.45, 2.75) is 42.2 Å². The van der Waals surface area contributed by atoms with E-state index >= 15 is 0 Å². The number of H-pyrrole nitrogens is 1. The van der Waals surface area contributed by atoms with Gasteiger partial charge in [0.25, 0.3) is 5.91 Å². The number of aromatic nitrogens is 1. The van der Waals surface area contributed by atoms with E-state index in [1.165, 1.54) is 23.2 Å². The highest BCUT2D eigenvalue weighted by Gasteiger charge is 2.52. The molecule has 0 unspecified atom stereocenters. The van der Waals surface area contributed by atoms with Crippen LogP contribution in [0.5, 0.6) is 5.75 Å². The van der Waals surface area contributed by atoms with Crippen LogP contribution in [0.1, 0.15) is 30.5 Å². The first kappa shape index (κ1) is 25.0. The third kappa shape index (κ3) is 5.27. The molecule has 186 valence electrons. The molecule has 0 saturated carbocycles. The molecule has 3 aromatic rings. The monoisotopic (exact) mass is 498 g/mol.